The second-order valence-electron chi connectivity index (χ2n) is 17.4. The molecule has 0 saturated heterocycles. The Morgan fingerprint density at radius 2 is 0.619 bits per heavy atom. The summed E-state index contributed by atoms with van der Waals surface area (Å²) in [6.45, 7) is 6.49. The fraction of sp³-hybridized carbons (Fsp3) is 0.737. The predicted molar refractivity (Wildman–Crippen MR) is 270 cm³/mol. The van der Waals surface area contributed by atoms with E-state index in [9.17, 15) is 14.4 Å². The number of hydrogen-bond donors (Lipinski definition) is 0. The van der Waals surface area contributed by atoms with Crippen molar-refractivity contribution in [2.45, 2.75) is 258 Å². The number of carbonyl (C=O) groups is 3. The van der Waals surface area contributed by atoms with E-state index in [1.165, 1.54) is 109 Å². The van der Waals surface area contributed by atoms with Gasteiger partial charge in [0, 0.05) is 19.3 Å². The summed E-state index contributed by atoms with van der Waals surface area (Å²) in [5.74, 6) is -0.893. The van der Waals surface area contributed by atoms with Crippen molar-refractivity contribution in [2.75, 3.05) is 13.2 Å². The summed E-state index contributed by atoms with van der Waals surface area (Å²) in [7, 11) is 0. The van der Waals surface area contributed by atoms with Crippen molar-refractivity contribution in [3.8, 4) is 0 Å². The normalized spacial score (nSPS) is 12.6. The smallest absolute Gasteiger partial charge is 0.306 e. The summed E-state index contributed by atoms with van der Waals surface area (Å²) in [5.41, 5.74) is 0. The quantitative estimate of drug-likeness (QED) is 0.0262. The van der Waals surface area contributed by atoms with E-state index in [1.54, 1.807) is 0 Å². The Hall–Kier alpha value is -3.15. The summed E-state index contributed by atoms with van der Waals surface area (Å²) in [5, 5.41) is 0. The molecule has 0 amide bonds. The zero-order valence-electron chi connectivity index (χ0n) is 41.3. The highest BCUT2D eigenvalue weighted by molar-refractivity contribution is 5.71. The van der Waals surface area contributed by atoms with E-state index in [2.05, 4.69) is 93.7 Å². The molecule has 0 radical (unpaired) electrons. The number of esters is 3. The van der Waals surface area contributed by atoms with Crippen molar-refractivity contribution in [1.29, 1.82) is 0 Å². The molecule has 0 spiro atoms. The SMILES string of the molecule is CC/C=C\C/C=C\C/C=C\C/C=C\C/C=C\C/C=C\CCCCCCCCC(=O)OCC(COC(=O)CCCCCCCCCCC)OC(=O)CCCCCCCCCCCCC. The maximum atomic E-state index is 12.7. The zero-order chi connectivity index (χ0) is 45.8. The second kappa shape index (κ2) is 51.5. The first-order valence-corrected chi connectivity index (χ1v) is 26.4. The Bertz CT molecular complexity index is 1190. The first-order chi connectivity index (χ1) is 31.0. The number of carbonyl (C=O) groups excluding carboxylic acids is 3. The molecular weight excluding hydrogens is 781 g/mol. The van der Waals surface area contributed by atoms with Crippen molar-refractivity contribution in [2.24, 2.45) is 0 Å². The van der Waals surface area contributed by atoms with Crippen LogP contribution in [0.25, 0.3) is 0 Å². The summed E-state index contributed by atoms with van der Waals surface area (Å²) in [6.07, 6.45) is 64.7. The van der Waals surface area contributed by atoms with E-state index in [4.69, 9.17) is 14.2 Å². The molecule has 63 heavy (non-hydrogen) atoms. The molecule has 0 fully saturated rings. The van der Waals surface area contributed by atoms with Gasteiger partial charge < -0.3 is 14.2 Å². The fourth-order valence-corrected chi connectivity index (χ4v) is 7.27. The number of unbranched alkanes of at least 4 members (excludes halogenated alkanes) is 24. The van der Waals surface area contributed by atoms with Gasteiger partial charge in [-0.25, -0.2) is 0 Å². The Balaban J connectivity index is 4.25. The van der Waals surface area contributed by atoms with Crippen LogP contribution in [0.5, 0.6) is 0 Å². The van der Waals surface area contributed by atoms with Crippen LogP contribution in [0.15, 0.2) is 72.9 Å². The van der Waals surface area contributed by atoms with E-state index >= 15 is 0 Å². The van der Waals surface area contributed by atoms with E-state index in [-0.39, 0.29) is 31.1 Å². The van der Waals surface area contributed by atoms with Crippen molar-refractivity contribution in [3.63, 3.8) is 0 Å². The molecular formula is C57H98O6. The third-order valence-corrected chi connectivity index (χ3v) is 11.2. The summed E-state index contributed by atoms with van der Waals surface area (Å²) < 4.78 is 16.7. The van der Waals surface area contributed by atoms with Crippen LogP contribution in [0.4, 0.5) is 0 Å². The Kier molecular flexibility index (Phi) is 48.9. The molecule has 0 aliphatic heterocycles. The number of ether oxygens (including phenoxy) is 3. The van der Waals surface area contributed by atoms with E-state index in [0.717, 1.165) is 103 Å². The van der Waals surface area contributed by atoms with Gasteiger partial charge in [-0.05, 0) is 70.6 Å². The van der Waals surface area contributed by atoms with Crippen LogP contribution >= 0.6 is 0 Å². The molecule has 6 nitrogen and oxygen atoms in total. The molecule has 0 saturated carbocycles. The van der Waals surface area contributed by atoms with Gasteiger partial charge in [0.2, 0.25) is 0 Å². The fourth-order valence-electron chi connectivity index (χ4n) is 7.27. The minimum atomic E-state index is -0.776. The van der Waals surface area contributed by atoms with Gasteiger partial charge in [0.15, 0.2) is 6.10 Å². The molecule has 0 aromatic heterocycles. The highest BCUT2D eigenvalue weighted by atomic mass is 16.6. The first kappa shape index (κ1) is 59.9. The van der Waals surface area contributed by atoms with Gasteiger partial charge in [0.05, 0.1) is 0 Å². The number of hydrogen-bond acceptors (Lipinski definition) is 6. The van der Waals surface area contributed by atoms with Gasteiger partial charge in [-0.2, -0.15) is 0 Å². The number of rotatable bonds is 47. The molecule has 0 bridgehead atoms. The zero-order valence-corrected chi connectivity index (χ0v) is 41.3. The van der Waals surface area contributed by atoms with Crippen molar-refractivity contribution in [1.82, 2.24) is 0 Å². The Morgan fingerprint density at radius 1 is 0.333 bits per heavy atom. The largest absolute Gasteiger partial charge is 0.462 e. The monoisotopic (exact) mass is 879 g/mol. The second-order valence-corrected chi connectivity index (χ2v) is 17.4. The molecule has 6 heteroatoms. The highest BCUT2D eigenvalue weighted by Crippen LogP contribution is 2.15. The average Bonchev–Trinajstić information content (AvgIpc) is 3.28. The van der Waals surface area contributed by atoms with Crippen LogP contribution in [0, 0.1) is 0 Å². The van der Waals surface area contributed by atoms with E-state index in [1.807, 2.05) is 0 Å². The minimum absolute atomic E-state index is 0.0773. The first-order valence-electron chi connectivity index (χ1n) is 26.4. The third kappa shape index (κ3) is 49.7. The third-order valence-electron chi connectivity index (χ3n) is 11.2. The highest BCUT2D eigenvalue weighted by Gasteiger charge is 2.19. The lowest BCUT2D eigenvalue weighted by Gasteiger charge is -2.18. The molecule has 0 heterocycles. The van der Waals surface area contributed by atoms with E-state index in [0.29, 0.717) is 19.3 Å². The molecule has 1 atom stereocenters. The van der Waals surface area contributed by atoms with Gasteiger partial charge in [0.1, 0.15) is 13.2 Å². The average molecular weight is 879 g/mol. The minimum Gasteiger partial charge on any atom is -0.462 e. The van der Waals surface area contributed by atoms with Crippen molar-refractivity contribution >= 4 is 17.9 Å². The molecule has 0 aliphatic carbocycles. The van der Waals surface area contributed by atoms with Crippen molar-refractivity contribution < 1.29 is 28.6 Å². The maximum absolute atomic E-state index is 12.7. The van der Waals surface area contributed by atoms with Crippen LogP contribution < -0.4 is 0 Å². The lowest BCUT2D eigenvalue weighted by atomic mass is 10.1. The Morgan fingerprint density at radius 3 is 0.968 bits per heavy atom. The molecule has 0 aliphatic rings. The molecule has 0 aromatic rings. The lowest BCUT2D eigenvalue weighted by molar-refractivity contribution is -0.167. The van der Waals surface area contributed by atoms with Crippen molar-refractivity contribution in [3.05, 3.63) is 72.9 Å². The number of allylic oxidation sites excluding steroid dienone is 12. The summed E-state index contributed by atoms with van der Waals surface area (Å²) in [4.78, 5) is 37.8. The standard InChI is InChI=1S/C57H98O6/c1-4-7-10-13-16-19-21-22-23-24-25-26-27-28-29-30-31-32-33-34-36-38-41-44-47-50-56(59)62-53-54(52-61-55(58)49-46-43-40-37-18-15-12-9-6-3)63-57(60)51-48-45-42-39-35-20-17-14-11-8-5-2/h7,10,16,19,22-23,25-26,28-29,31-32,54H,4-6,8-9,11-15,17-18,20-21,24,27,30,33-53H2,1-3H3/b10-7-,19-16-,23-22-,26-25-,29-28-,32-31-. The molecule has 362 valence electrons. The molecule has 0 N–H and O–H groups in total. The predicted octanol–water partition coefficient (Wildman–Crippen LogP) is 17.4. The topological polar surface area (TPSA) is 78.9 Å². The van der Waals surface area contributed by atoms with Gasteiger partial charge in [-0.1, -0.05) is 235 Å². The molecule has 1 unspecified atom stereocenters. The lowest BCUT2D eigenvalue weighted by Crippen LogP contribution is -2.30. The van der Waals surface area contributed by atoms with E-state index < -0.39 is 6.10 Å². The summed E-state index contributed by atoms with van der Waals surface area (Å²) >= 11 is 0. The Labute approximate surface area is 389 Å². The van der Waals surface area contributed by atoms with Crippen LogP contribution in [0.2, 0.25) is 0 Å². The van der Waals surface area contributed by atoms with Crippen LogP contribution in [-0.4, -0.2) is 37.2 Å². The van der Waals surface area contributed by atoms with Gasteiger partial charge in [0.25, 0.3) is 0 Å². The molecule has 0 aromatic carbocycles. The van der Waals surface area contributed by atoms with Gasteiger partial charge in [-0.3, -0.25) is 14.4 Å². The van der Waals surface area contributed by atoms with Gasteiger partial charge >= 0.3 is 17.9 Å². The summed E-state index contributed by atoms with van der Waals surface area (Å²) in [6, 6.07) is 0. The maximum Gasteiger partial charge on any atom is 0.306 e. The molecule has 0 rings (SSSR count). The van der Waals surface area contributed by atoms with Crippen LogP contribution in [0.3, 0.4) is 0 Å². The van der Waals surface area contributed by atoms with Crippen LogP contribution in [0.1, 0.15) is 252 Å². The van der Waals surface area contributed by atoms with Gasteiger partial charge in [-0.15, -0.1) is 0 Å². The van der Waals surface area contributed by atoms with Crippen LogP contribution in [-0.2, 0) is 28.6 Å².